The van der Waals surface area contributed by atoms with Gasteiger partial charge in [0, 0.05) is 24.5 Å². The average molecular weight is 675 g/mol. The van der Waals surface area contributed by atoms with Gasteiger partial charge in [-0.15, -0.1) is 0 Å². The van der Waals surface area contributed by atoms with Crippen LogP contribution in [0.15, 0.2) is 10.5 Å². The number of aromatic nitrogens is 1. The minimum Gasteiger partial charge on any atom is -0.471 e. The zero-order chi connectivity index (χ0) is 31.0. The van der Waals surface area contributed by atoms with Crippen molar-refractivity contribution in [3.63, 3.8) is 0 Å². The SMILES string of the molecule is COC(=O)C1(Nc2c([N+](=O)[O-])c(OC[C@@H]3CCCN3C)nc3c(F)c(Br)c(Cl)cc23)CCN(C(=O)OC(C)(C)C)CC1. The van der Waals surface area contributed by atoms with Gasteiger partial charge in [0.05, 0.1) is 21.5 Å². The number of methoxy groups -OCH3 is 1. The van der Waals surface area contributed by atoms with E-state index in [-0.39, 0.29) is 64.7 Å². The van der Waals surface area contributed by atoms with Gasteiger partial charge in [0.1, 0.15) is 29.0 Å². The zero-order valence-electron chi connectivity index (χ0n) is 24.1. The van der Waals surface area contributed by atoms with Gasteiger partial charge in [0.15, 0.2) is 5.82 Å². The van der Waals surface area contributed by atoms with Crippen molar-refractivity contribution in [3.05, 3.63) is 31.5 Å². The number of hydrogen-bond acceptors (Lipinski definition) is 10. The van der Waals surface area contributed by atoms with Crippen LogP contribution in [0.5, 0.6) is 5.88 Å². The number of nitro groups is 1. The van der Waals surface area contributed by atoms with Gasteiger partial charge in [-0.2, -0.15) is 0 Å². The average Bonchev–Trinajstić information content (AvgIpc) is 3.34. The van der Waals surface area contributed by atoms with Crippen LogP contribution < -0.4 is 10.1 Å². The van der Waals surface area contributed by atoms with Crippen molar-refractivity contribution in [1.82, 2.24) is 14.8 Å². The fourth-order valence-corrected chi connectivity index (χ4v) is 5.74. The van der Waals surface area contributed by atoms with Crippen molar-refractivity contribution in [2.24, 2.45) is 0 Å². The number of carbonyl (C=O) groups excluding carboxylic acids is 2. The van der Waals surface area contributed by atoms with Crippen LogP contribution in [0.25, 0.3) is 10.9 Å². The van der Waals surface area contributed by atoms with E-state index < -0.39 is 45.5 Å². The number of carbonyl (C=O) groups is 2. The maximum atomic E-state index is 15.5. The van der Waals surface area contributed by atoms with E-state index in [2.05, 4.69) is 31.1 Å². The number of anilines is 1. The number of nitrogens with one attached hydrogen (secondary N) is 1. The fourth-order valence-electron chi connectivity index (χ4n) is 5.25. The number of nitrogens with zero attached hydrogens (tertiary/aromatic N) is 4. The molecular formula is C27H34BrClFN5O7. The molecule has 2 saturated heterocycles. The van der Waals surface area contributed by atoms with Crippen LogP contribution in [0.1, 0.15) is 46.5 Å². The number of hydrogen-bond donors (Lipinski definition) is 1. The molecule has 3 heterocycles. The minimum absolute atomic E-state index is 0.00101. The molecule has 230 valence electrons. The molecule has 15 heteroatoms. The standard InChI is InChI=1S/C27H34BrClFN5O7/c1-26(2,3)42-25(37)34-11-8-27(9-12-34,24(36)40-5)32-21-16-13-17(29)18(28)19(30)20(16)31-23(22(21)35(38)39)41-14-15-7-6-10-33(15)4/h13,15H,6-12,14H2,1-5H3,(H,31,32)/t15-/m0/s1. The molecule has 12 nitrogen and oxygen atoms in total. The van der Waals surface area contributed by atoms with Crippen LogP contribution in [0, 0.1) is 15.9 Å². The maximum absolute atomic E-state index is 15.5. The summed E-state index contributed by atoms with van der Waals surface area (Å²) in [5.41, 5.74) is -3.22. The van der Waals surface area contributed by atoms with Gasteiger partial charge in [0.2, 0.25) is 0 Å². The number of piperidine rings is 1. The molecule has 42 heavy (non-hydrogen) atoms. The van der Waals surface area contributed by atoms with E-state index in [4.69, 9.17) is 25.8 Å². The summed E-state index contributed by atoms with van der Waals surface area (Å²) < 4.78 is 31.9. The monoisotopic (exact) mass is 673 g/mol. The summed E-state index contributed by atoms with van der Waals surface area (Å²) >= 11 is 9.38. The number of rotatable bonds is 7. The van der Waals surface area contributed by atoms with Crippen molar-refractivity contribution >= 4 is 61.9 Å². The van der Waals surface area contributed by atoms with E-state index in [0.717, 1.165) is 19.4 Å². The van der Waals surface area contributed by atoms with Gasteiger partial charge in [-0.3, -0.25) is 10.1 Å². The molecule has 0 aliphatic carbocycles. The van der Waals surface area contributed by atoms with E-state index in [1.165, 1.54) is 18.1 Å². The Kier molecular flexibility index (Phi) is 9.38. The molecule has 0 bridgehead atoms. The van der Waals surface area contributed by atoms with Crippen molar-refractivity contribution < 1.29 is 33.1 Å². The normalized spacial score (nSPS) is 19.0. The van der Waals surface area contributed by atoms with E-state index in [9.17, 15) is 19.7 Å². The molecule has 1 N–H and O–H groups in total. The van der Waals surface area contributed by atoms with Gasteiger partial charge < -0.3 is 29.3 Å². The summed E-state index contributed by atoms with van der Waals surface area (Å²) in [5.74, 6) is -1.94. The Balaban J connectivity index is 1.80. The number of esters is 1. The molecular weight excluding hydrogens is 641 g/mol. The van der Waals surface area contributed by atoms with E-state index in [1.54, 1.807) is 20.8 Å². The number of likely N-dealkylation sites (tertiary alicyclic amines) is 2. The first-order valence-electron chi connectivity index (χ1n) is 13.5. The summed E-state index contributed by atoms with van der Waals surface area (Å²) in [4.78, 5) is 45.6. The summed E-state index contributed by atoms with van der Waals surface area (Å²) in [6.07, 6.45) is 1.28. The Morgan fingerprint density at radius 3 is 2.52 bits per heavy atom. The highest BCUT2D eigenvalue weighted by Crippen LogP contribution is 2.45. The number of pyridine rings is 1. The first-order chi connectivity index (χ1) is 19.7. The van der Waals surface area contributed by atoms with Crippen molar-refractivity contribution in [2.75, 3.05) is 45.7 Å². The van der Waals surface area contributed by atoms with E-state index in [1.807, 2.05) is 7.05 Å². The molecule has 0 radical (unpaired) electrons. The molecule has 2 fully saturated rings. The lowest BCUT2D eigenvalue weighted by Gasteiger charge is -2.40. The van der Waals surface area contributed by atoms with Gasteiger partial charge in [-0.1, -0.05) is 11.6 Å². The Morgan fingerprint density at radius 2 is 1.98 bits per heavy atom. The predicted molar refractivity (Wildman–Crippen MR) is 158 cm³/mol. The van der Waals surface area contributed by atoms with Gasteiger partial charge in [-0.05, 0) is 82.0 Å². The molecule has 0 spiro atoms. The lowest BCUT2D eigenvalue weighted by Crippen LogP contribution is -2.56. The molecule has 1 aromatic heterocycles. The third kappa shape index (κ3) is 6.50. The molecule has 2 aliphatic heterocycles. The number of ether oxygens (including phenoxy) is 3. The van der Waals surface area contributed by atoms with Gasteiger partial charge >= 0.3 is 17.7 Å². The summed E-state index contributed by atoms with van der Waals surface area (Å²) in [7, 11) is 3.13. The Labute approximate surface area is 256 Å². The molecule has 0 unspecified atom stereocenters. The maximum Gasteiger partial charge on any atom is 0.410 e. The molecule has 1 amide bonds. The lowest BCUT2D eigenvalue weighted by molar-refractivity contribution is -0.385. The molecule has 2 aromatic rings. The number of fused-ring (bicyclic) bond motifs is 1. The smallest absolute Gasteiger partial charge is 0.410 e. The Morgan fingerprint density at radius 1 is 1.31 bits per heavy atom. The van der Waals surface area contributed by atoms with Crippen LogP contribution in [0.4, 0.5) is 20.6 Å². The molecule has 1 atom stereocenters. The largest absolute Gasteiger partial charge is 0.471 e. The Hall–Kier alpha value is -2.97. The van der Waals surface area contributed by atoms with Crippen molar-refractivity contribution in [3.8, 4) is 5.88 Å². The fraction of sp³-hybridized carbons (Fsp3) is 0.593. The first kappa shape index (κ1) is 32.0. The predicted octanol–water partition coefficient (Wildman–Crippen LogP) is 5.53. The Bertz CT molecular complexity index is 1400. The number of benzene rings is 1. The van der Waals surface area contributed by atoms with Crippen LogP contribution in [0.3, 0.4) is 0 Å². The molecule has 0 saturated carbocycles. The third-order valence-electron chi connectivity index (χ3n) is 7.53. The number of likely N-dealkylation sites (N-methyl/N-ethyl adjacent to an activating group) is 1. The molecule has 2 aliphatic rings. The van der Waals surface area contributed by atoms with E-state index >= 15 is 4.39 Å². The molecule has 1 aromatic carbocycles. The number of halogens is 3. The third-order valence-corrected chi connectivity index (χ3v) is 8.84. The number of amides is 1. The van der Waals surface area contributed by atoms with Crippen molar-refractivity contribution in [1.29, 1.82) is 0 Å². The van der Waals surface area contributed by atoms with Crippen LogP contribution in [0.2, 0.25) is 5.02 Å². The van der Waals surface area contributed by atoms with Crippen LogP contribution in [-0.2, 0) is 14.3 Å². The highest BCUT2D eigenvalue weighted by molar-refractivity contribution is 9.10. The highest BCUT2D eigenvalue weighted by atomic mass is 79.9. The quantitative estimate of drug-likeness (QED) is 0.173. The van der Waals surface area contributed by atoms with Gasteiger partial charge in [0.25, 0.3) is 5.88 Å². The first-order valence-corrected chi connectivity index (χ1v) is 14.7. The zero-order valence-corrected chi connectivity index (χ0v) is 26.4. The highest BCUT2D eigenvalue weighted by Gasteiger charge is 2.46. The van der Waals surface area contributed by atoms with Crippen molar-refractivity contribution in [2.45, 2.75) is 63.6 Å². The van der Waals surface area contributed by atoms with Crippen LogP contribution >= 0.6 is 27.5 Å². The topological polar surface area (TPSA) is 136 Å². The minimum atomic E-state index is -1.51. The summed E-state index contributed by atoms with van der Waals surface area (Å²) in [6.45, 7) is 6.37. The second-order valence-electron chi connectivity index (χ2n) is 11.5. The molecule has 4 rings (SSSR count). The lowest BCUT2D eigenvalue weighted by atomic mass is 9.86. The van der Waals surface area contributed by atoms with Crippen LogP contribution in [-0.4, -0.2) is 89.4 Å². The summed E-state index contributed by atoms with van der Waals surface area (Å²) in [6, 6.07) is 1.33. The van der Waals surface area contributed by atoms with Gasteiger partial charge in [-0.25, -0.2) is 19.0 Å². The summed E-state index contributed by atoms with van der Waals surface area (Å²) in [5, 5.41) is 15.5. The second kappa shape index (κ2) is 12.3. The van der Waals surface area contributed by atoms with E-state index in [0.29, 0.717) is 0 Å². The second-order valence-corrected chi connectivity index (χ2v) is 12.7.